The van der Waals surface area contributed by atoms with Gasteiger partial charge in [0, 0.05) is 36.6 Å². The third kappa shape index (κ3) is 2.80. The van der Waals surface area contributed by atoms with Crippen LogP contribution in [0.25, 0.3) is 10.9 Å². The van der Waals surface area contributed by atoms with Crippen molar-refractivity contribution in [2.45, 2.75) is 38.6 Å². The maximum absolute atomic E-state index is 9.63. The summed E-state index contributed by atoms with van der Waals surface area (Å²) in [7, 11) is 0. The number of anilines is 1. The van der Waals surface area contributed by atoms with Gasteiger partial charge in [-0.2, -0.15) is 5.26 Å². The van der Waals surface area contributed by atoms with Crippen molar-refractivity contribution in [2.75, 3.05) is 18.0 Å². The van der Waals surface area contributed by atoms with Gasteiger partial charge >= 0.3 is 0 Å². The minimum absolute atomic E-state index is 0.312. The third-order valence-corrected chi connectivity index (χ3v) is 5.13. The maximum atomic E-state index is 9.63. The van der Waals surface area contributed by atoms with E-state index in [0.717, 1.165) is 48.3 Å². The molecular weight excluding hydrogens is 324 g/mol. The van der Waals surface area contributed by atoms with Gasteiger partial charge in [-0.25, -0.2) is 0 Å². The summed E-state index contributed by atoms with van der Waals surface area (Å²) in [5.41, 5.74) is 2.56. The Balaban J connectivity index is 1.74. The molecule has 1 saturated heterocycles. The lowest BCUT2D eigenvalue weighted by atomic mass is 9.95. The molecule has 1 unspecified atom stereocenters. The second-order valence-corrected chi connectivity index (χ2v) is 7.12. The predicted molar refractivity (Wildman–Crippen MR) is 101 cm³/mol. The topological polar surface area (TPSA) is 70.6 Å². The molecule has 3 heterocycles. The number of para-hydroxylation sites is 1. The highest BCUT2D eigenvalue weighted by atomic mass is 15.3. The molecule has 0 aliphatic carbocycles. The number of nitrogens with zero attached hydrogens (tertiary/aromatic N) is 6. The maximum Gasteiger partial charge on any atom is 0.137 e. The largest absolute Gasteiger partial charge is 0.369 e. The van der Waals surface area contributed by atoms with Crippen molar-refractivity contribution >= 4 is 16.6 Å². The summed E-state index contributed by atoms with van der Waals surface area (Å²) in [6.07, 6.45) is 5.67. The lowest BCUT2D eigenvalue weighted by Gasteiger charge is -2.35. The van der Waals surface area contributed by atoms with Crippen LogP contribution < -0.4 is 4.90 Å². The van der Waals surface area contributed by atoms with E-state index in [9.17, 15) is 5.26 Å². The van der Waals surface area contributed by atoms with Gasteiger partial charge in [-0.15, -0.1) is 10.2 Å². The Bertz CT molecular complexity index is 968. The van der Waals surface area contributed by atoms with Crippen LogP contribution in [0, 0.1) is 11.3 Å². The van der Waals surface area contributed by atoms with Crippen molar-refractivity contribution in [1.29, 1.82) is 5.26 Å². The lowest BCUT2D eigenvalue weighted by Crippen LogP contribution is -2.36. The van der Waals surface area contributed by atoms with Crippen LogP contribution >= 0.6 is 0 Å². The Labute approximate surface area is 153 Å². The van der Waals surface area contributed by atoms with E-state index in [2.05, 4.69) is 50.6 Å². The molecule has 6 nitrogen and oxygen atoms in total. The van der Waals surface area contributed by atoms with Crippen LogP contribution in [0.2, 0.25) is 0 Å². The van der Waals surface area contributed by atoms with Crippen LogP contribution in [-0.2, 0) is 0 Å². The third-order valence-electron chi connectivity index (χ3n) is 5.13. The average Bonchev–Trinajstić information content (AvgIpc) is 3.17. The average molecular weight is 346 g/mol. The molecule has 3 aromatic rings. The second kappa shape index (κ2) is 6.75. The predicted octanol–water partition coefficient (Wildman–Crippen LogP) is 3.66. The van der Waals surface area contributed by atoms with Crippen molar-refractivity contribution in [3.05, 3.63) is 48.2 Å². The second-order valence-electron chi connectivity index (χ2n) is 7.12. The Morgan fingerprint density at radius 1 is 1.27 bits per heavy atom. The molecule has 1 aliphatic rings. The van der Waals surface area contributed by atoms with Gasteiger partial charge in [0.25, 0.3) is 0 Å². The standard InChI is InChI=1S/C20H22N6/c1-14(2)26-13-23-24-20(26)15-6-5-9-25(12-15)19-16(10-21)11-22-18-8-4-3-7-17(18)19/h3-4,7-8,11,13-15H,5-6,9,12H2,1-2H3. The van der Waals surface area contributed by atoms with Gasteiger partial charge in [-0.1, -0.05) is 18.2 Å². The first-order chi connectivity index (χ1) is 12.7. The molecule has 0 spiro atoms. The van der Waals surface area contributed by atoms with Gasteiger partial charge in [0.05, 0.1) is 16.8 Å². The quantitative estimate of drug-likeness (QED) is 0.724. The normalized spacial score (nSPS) is 17.6. The monoisotopic (exact) mass is 346 g/mol. The summed E-state index contributed by atoms with van der Waals surface area (Å²) in [5, 5.41) is 19.2. The number of aromatic nitrogens is 4. The van der Waals surface area contributed by atoms with E-state index in [1.165, 1.54) is 0 Å². The summed E-state index contributed by atoms with van der Waals surface area (Å²) >= 11 is 0. The zero-order valence-electron chi connectivity index (χ0n) is 15.1. The molecule has 0 radical (unpaired) electrons. The summed E-state index contributed by atoms with van der Waals surface area (Å²) in [6, 6.07) is 10.7. The molecule has 6 heteroatoms. The Hall–Kier alpha value is -2.94. The first-order valence-corrected chi connectivity index (χ1v) is 9.11. The first kappa shape index (κ1) is 16.5. The number of fused-ring (bicyclic) bond motifs is 1. The van der Waals surface area contributed by atoms with Gasteiger partial charge in [-0.05, 0) is 32.8 Å². The number of benzene rings is 1. The van der Waals surface area contributed by atoms with Crippen LogP contribution in [-0.4, -0.2) is 32.8 Å². The van der Waals surface area contributed by atoms with E-state index in [4.69, 9.17) is 0 Å². The summed E-state index contributed by atoms with van der Waals surface area (Å²) in [6.45, 7) is 6.08. The minimum atomic E-state index is 0.312. The molecule has 0 amide bonds. The van der Waals surface area contributed by atoms with Gasteiger partial charge in [0.15, 0.2) is 0 Å². The van der Waals surface area contributed by atoms with Crippen molar-refractivity contribution in [1.82, 2.24) is 19.7 Å². The zero-order valence-corrected chi connectivity index (χ0v) is 15.1. The molecular formula is C20H22N6. The van der Waals surface area contributed by atoms with Gasteiger partial charge in [0.2, 0.25) is 0 Å². The van der Waals surface area contributed by atoms with E-state index in [1.807, 2.05) is 24.5 Å². The lowest BCUT2D eigenvalue weighted by molar-refractivity contribution is 0.455. The molecule has 1 aromatic carbocycles. The number of nitriles is 1. The van der Waals surface area contributed by atoms with Crippen LogP contribution in [0.3, 0.4) is 0 Å². The highest BCUT2D eigenvalue weighted by Crippen LogP contribution is 2.35. The van der Waals surface area contributed by atoms with Gasteiger partial charge < -0.3 is 9.47 Å². The molecule has 4 rings (SSSR count). The van der Waals surface area contributed by atoms with E-state index >= 15 is 0 Å². The van der Waals surface area contributed by atoms with Gasteiger partial charge in [-0.3, -0.25) is 4.98 Å². The molecule has 1 fully saturated rings. The fourth-order valence-electron chi connectivity index (χ4n) is 3.88. The summed E-state index contributed by atoms with van der Waals surface area (Å²) in [4.78, 5) is 6.77. The molecule has 26 heavy (non-hydrogen) atoms. The SMILES string of the molecule is CC(C)n1cnnc1C1CCCN(c2c(C#N)cnc3ccccc23)C1. The minimum Gasteiger partial charge on any atom is -0.369 e. The molecule has 132 valence electrons. The highest BCUT2D eigenvalue weighted by Gasteiger charge is 2.28. The highest BCUT2D eigenvalue weighted by molar-refractivity contribution is 5.94. The van der Waals surface area contributed by atoms with Crippen molar-refractivity contribution in [2.24, 2.45) is 0 Å². The molecule has 2 aromatic heterocycles. The molecule has 1 atom stereocenters. The summed E-state index contributed by atoms with van der Waals surface area (Å²) in [5.74, 6) is 1.36. The van der Waals surface area contributed by atoms with Crippen molar-refractivity contribution in [3.8, 4) is 6.07 Å². The summed E-state index contributed by atoms with van der Waals surface area (Å²) < 4.78 is 2.16. The van der Waals surface area contributed by atoms with Gasteiger partial charge in [0.1, 0.15) is 18.2 Å². The van der Waals surface area contributed by atoms with Crippen LogP contribution in [0.1, 0.15) is 50.0 Å². The fraction of sp³-hybridized carbons (Fsp3) is 0.400. The molecule has 1 aliphatic heterocycles. The fourth-order valence-corrected chi connectivity index (χ4v) is 3.88. The zero-order chi connectivity index (χ0) is 18.1. The first-order valence-electron chi connectivity index (χ1n) is 9.11. The molecule has 0 N–H and O–H groups in total. The van der Waals surface area contributed by atoms with Crippen LogP contribution in [0.4, 0.5) is 5.69 Å². The van der Waals surface area contributed by atoms with Crippen molar-refractivity contribution in [3.63, 3.8) is 0 Å². The Morgan fingerprint density at radius 3 is 2.92 bits per heavy atom. The number of hydrogen-bond acceptors (Lipinski definition) is 5. The van der Waals surface area contributed by atoms with Crippen molar-refractivity contribution < 1.29 is 0 Å². The molecule has 0 saturated carbocycles. The van der Waals surface area contributed by atoms with E-state index in [-0.39, 0.29) is 0 Å². The van der Waals surface area contributed by atoms with E-state index < -0.39 is 0 Å². The number of rotatable bonds is 3. The Morgan fingerprint density at radius 2 is 2.12 bits per heavy atom. The number of piperidine rings is 1. The van der Waals surface area contributed by atoms with E-state index in [1.54, 1.807) is 6.20 Å². The number of pyridine rings is 1. The van der Waals surface area contributed by atoms with Crippen LogP contribution in [0.15, 0.2) is 36.8 Å². The van der Waals surface area contributed by atoms with Crippen LogP contribution in [0.5, 0.6) is 0 Å². The molecule has 0 bridgehead atoms. The van der Waals surface area contributed by atoms with E-state index in [0.29, 0.717) is 17.5 Å². The Kier molecular flexibility index (Phi) is 4.29. The smallest absolute Gasteiger partial charge is 0.137 e. The number of hydrogen-bond donors (Lipinski definition) is 0.